The summed E-state index contributed by atoms with van der Waals surface area (Å²) in [6.45, 7) is 6.73. The lowest BCUT2D eigenvalue weighted by atomic mass is 10.1. The van der Waals surface area contributed by atoms with Crippen molar-refractivity contribution in [3.8, 4) is 0 Å². The third-order valence-electron chi connectivity index (χ3n) is 3.24. The summed E-state index contributed by atoms with van der Waals surface area (Å²) in [7, 11) is 1.71. The maximum atomic E-state index is 5.59. The highest BCUT2D eigenvalue weighted by atomic mass is 16.5. The van der Waals surface area contributed by atoms with Crippen LogP contribution in [0.2, 0.25) is 0 Å². The zero-order valence-electron chi connectivity index (χ0n) is 12.0. The molecule has 0 radical (unpaired) electrons. The van der Waals surface area contributed by atoms with Crippen molar-refractivity contribution in [2.45, 2.75) is 33.4 Å². The number of aryl methyl sites for hydroxylation is 2. The second kappa shape index (κ2) is 5.93. The average molecular weight is 259 g/mol. The Bertz CT molecular complexity index is 545. The molecule has 3 heteroatoms. The molecule has 0 fully saturated rings. The number of nitrogens with one attached hydrogen (secondary N) is 1. The average Bonchev–Trinajstić information content (AvgIpc) is 2.71. The van der Waals surface area contributed by atoms with E-state index in [2.05, 4.69) is 30.4 Å². The number of anilines is 1. The second-order valence-electron chi connectivity index (χ2n) is 4.82. The van der Waals surface area contributed by atoms with E-state index < -0.39 is 0 Å². The van der Waals surface area contributed by atoms with Gasteiger partial charge in [-0.15, -0.1) is 0 Å². The Hall–Kier alpha value is -1.74. The van der Waals surface area contributed by atoms with Crippen LogP contribution in [0.25, 0.3) is 0 Å². The lowest BCUT2D eigenvalue weighted by Gasteiger charge is -2.17. The number of hydrogen-bond donors (Lipinski definition) is 1. The van der Waals surface area contributed by atoms with Crippen LogP contribution in [-0.4, -0.2) is 7.11 Å². The van der Waals surface area contributed by atoms with Crippen molar-refractivity contribution < 1.29 is 9.15 Å². The quantitative estimate of drug-likeness (QED) is 0.873. The molecule has 0 aliphatic heterocycles. The van der Waals surface area contributed by atoms with Crippen molar-refractivity contribution in [3.63, 3.8) is 0 Å². The molecule has 2 rings (SSSR count). The third kappa shape index (κ3) is 3.18. The summed E-state index contributed by atoms with van der Waals surface area (Å²) in [5.41, 5.74) is 3.47. The van der Waals surface area contributed by atoms with E-state index in [4.69, 9.17) is 9.15 Å². The van der Waals surface area contributed by atoms with Gasteiger partial charge in [0.1, 0.15) is 11.5 Å². The summed E-state index contributed by atoms with van der Waals surface area (Å²) in [6.07, 6.45) is 0. The molecule has 1 unspecified atom stereocenters. The molecule has 0 saturated heterocycles. The highest BCUT2D eigenvalue weighted by Gasteiger charge is 2.13. The predicted molar refractivity (Wildman–Crippen MR) is 77.4 cm³/mol. The van der Waals surface area contributed by atoms with Crippen molar-refractivity contribution in [1.29, 1.82) is 0 Å². The van der Waals surface area contributed by atoms with Gasteiger partial charge in [-0.05, 0) is 32.9 Å². The van der Waals surface area contributed by atoms with Crippen LogP contribution in [0.4, 0.5) is 5.69 Å². The number of hydrogen-bond acceptors (Lipinski definition) is 3. The standard InChI is InChI=1S/C16H21NO2/c1-11-9-15(13(3)19-11)12(2)17-16-8-6-5-7-14(16)10-18-4/h5-9,12,17H,10H2,1-4H3. The molecule has 2 aromatic rings. The summed E-state index contributed by atoms with van der Waals surface area (Å²) >= 11 is 0. The van der Waals surface area contributed by atoms with Crippen LogP contribution >= 0.6 is 0 Å². The fourth-order valence-electron chi connectivity index (χ4n) is 2.33. The van der Waals surface area contributed by atoms with E-state index in [1.165, 1.54) is 5.56 Å². The summed E-state index contributed by atoms with van der Waals surface area (Å²) in [6, 6.07) is 10.5. The molecule has 0 aliphatic carbocycles. The molecule has 1 aromatic heterocycles. The first-order valence-corrected chi connectivity index (χ1v) is 6.52. The number of rotatable bonds is 5. The zero-order valence-corrected chi connectivity index (χ0v) is 12.0. The molecular weight excluding hydrogens is 238 g/mol. The number of furan rings is 1. The lowest BCUT2D eigenvalue weighted by Crippen LogP contribution is -2.09. The molecule has 102 valence electrons. The van der Waals surface area contributed by atoms with Crippen LogP contribution in [-0.2, 0) is 11.3 Å². The van der Waals surface area contributed by atoms with Gasteiger partial charge in [-0.25, -0.2) is 0 Å². The molecule has 19 heavy (non-hydrogen) atoms. The Morgan fingerprint density at radius 2 is 2.00 bits per heavy atom. The van der Waals surface area contributed by atoms with Gasteiger partial charge in [-0.3, -0.25) is 0 Å². The van der Waals surface area contributed by atoms with E-state index in [0.717, 1.165) is 22.8 Å². The van der Waals surface area contributed by atoms with Gasteiger partial charge < -0.3 is 14.5 Å². The number of para-hydroxylation sites is 1. The van der Waals surface area contributed by atoms with E-state index in [0.29, 0.717) is 6.61 Å². The molecule has 1 aromatic carbocycles. The minimum atomic E-state index is 0.204. The van der Waals surface area contributed by atoms with Gasteiger partial charge in [0, 0.05) is 23.9 Å². The van der Waals surface area contributed by atoms with E-state index >= 15 is 0 Å². The Balaban J connectivity index is 2.19. The van der Waals surface area contributed by atoms with Crippen molar-refractivity contribution >= 4 is 5.69 Å². The maximum absolute atomic E-state index is 5.59. The van der Waals surface area contributed by atoms with E-state index in [1.54, 1.807) is 7.11 Å². The molecule has 1 heterocycles. The first kappa shape index (κ1) is 13.7. The summed E-state index contributed by atoms with van der Waals surface area (Å²) in [4.78, 5) is 0. The molecule has 0 amide bonds. The van der Waals surface area contributed by atoms with Crippen LogP contribution in [0.5, 0.6) is 0 Å². The minimum Gasteiger partial charge on any atom is -0.466 e. The van der Waals surface area contributed by atoms with E-state index in [1.807, 2.05) is 26.0 Å². The van der Waals surface area contributed by atoms with Crippen LogP contribution in [0, 0.1) is 13.8 Å². The van der Waals surface area contributed by atoms with Crippen molar-refractivity contribution in [3.05, 3.63) is 53.0 Å². The second-order valence-corrected chi connectivity index (χ2v) is 4.82. The molecule has 1 atom stereocenters. The van der Waals surface area contributed by atoms with Gasteiger partial charge >= 0.3 is 0 Å². The van der Waals surface area contributed by atoms with Crippen LogP contribution in [0.3, 0.4) is 0 Å². The van der Waals surface area contributed by atoms with E-state index in [9.17, 15) is 0 Å². The normalized spacial score (nSPS) is 12.4. The Kier molecular flexibility index (Phi) is 4.27. The summed E-state index contributed by atoms with van der Waals surface area (Å²) in [5, 5.41) is 3.53. The van der Waals surface area contributed by atoms with Gasteiger partial charge in [0.25, 0.3) is 0 Å². The molecule has 0 saturated carbocycles. The van der Waals surface area contributed by atoms with Crippen LogP contribution in [0.15, 0.2) is 34.7 Å². The maximum Gasteiger partial charge on any atom is 0.106 e. The fraction of sp³-hybridized carbons (Fsp3) is 0.375. The molecule has 0 aliphatic rings. The molecule has 0 spiro atoms. The first-order valence-electron chi connectivity index (χ1n) is 6.52. The smallest absolute Gasteiger partial charge is 0.106 e. The molecule has 0 bridgehead atoms. The monoisotopic (exact) mass is 259 g/mol. The van der Waals surface area contributed by atoms with Gasteiger partial charge in [-0.2, -0.15) is 0 Å². The Morgan fingerprint density at radius 1 is 1.26 bits per heavy atom. The highest BCUT2D eigenvalue weighted by Crippen LogP contribution is 2.26. The van der Waals surface area contributed by atoms with Gasteiger partial charge in [0.15, 0.2) is 0 Å². The molecular formula is C16H21NO2. The number of ether oxygens (including phenoxy) is 1. The van der Waals surface area contributed by atoms with Crippen molar-refractivity contribution in [2.75, 3.05) is 12.4 Å². The predicted octanol–water partition coefficient (Wildman–Crippen LogP) is 4.22. The topological polar surface area (TPSA) is 34.4 Å². The minimum absolute atomic E-state index is 0.204. The molecule has 3 nitrogen and oxygen atoms in total. The summed E-state index contributed by atoms with van der Waals surface area (Å²) in [5.74, 6) is 1.92. The molecule has 1 N–H and O–H groups in total. The number of benzene rings is 1. The van der Waals surface area contributed by atoms with Gasteiger partial charge in [-0.1, -0.05) is 18.2 Å². The number of methoxy groups -OCH3 is 1. The first-order chi connectivity index (χ1) is 9.11. The largest absolute Gasteiger partial charge is 0.466 e. The zero-order chi connectivity index (χ0) is 13.8. The lowest BCUT2D eigenvalue weighted by molar-refractivity contribution is 0.185. The van der Waals surface area contributed by atoms with Crippen molar-refractivity contribution in [2.24, 2.45) is 0 Å². The van der Waals surface area contributed by atoms with Crippen LogP contribution < -0.4 is 5.32 Å². The SMILES string of the molecule is COCc1ccccc1NC(C)c1cc(C)oc1C. The fourth-order valence-corrected chi connectivity index (χ4v) is 2.33. The summed E-state index contributed by atoms with van der Waals surface area (Å²) < 4.78 is 10.8. The Labute approximate surface area is 114 Å². The van der Waals surface area contributed by atoms with Gasteiger partial charge in [0.2, 0.25) is 0 Å². The van der Waals surface area contributed by atoms with Crippen molar-refractivity contribution in [1.82, 2.24) is 0 Å². The Morgan fingerprint density at radius 3 is 2.63 bits per heavy atom. The third-order valence-corrected chi connectivity index (χ3v) is 3.24. The van der Waals surface area contributed by atoms with E-state index in [-0.39, 0.29) is 6.04 Å². The van der Waals surface area contributed by atoms with Crippen LogP contribution in [0.1, 0.15) is 35.6 Å². The highest BCUT2D eigenvalue weighted by molar-refractivity contribution is 5.52. The van der Waals surface area contributed by atoms with Gasteiger partial charge in [0.05, 0.1) is 12.6 Å².